The van der Waals surface area contributed by atoms with E-state index in [1.54, 1.807) is 30.1 Å². The van der Waals surface area contributed by atoms with Crippen LogP contribution in [0.25, 0.3) is 0 Å². The standard InChI is InChI=1S/C21H24ClN7O2/c1-28-21(31-17-5-3-4-15(22)8-17)25-20(27-28)24-19-13-6-7-14(19)12-29(11-13)16-9-18(30-2)26-23-10-16/h3-5,8-10,13-14,19H,6-7,11-12H2,1-2H3,(H,24,27). The molecule has 2 aromatic heterocycles. The third-order valence-corrected chi connectivity index (χ3v) is 6.28. The fourth-order valence-corrected chi connectivity index (χ4v) is 4.76. The van der Waals surface area contributed by atoms with E-state index in [1.165, 1.54) is 12.8 Å². The highest BCUT2D eigenvalue weighted by molar-refractivity contribution is 6.30. The van der Waals surface area contributed by atoms with Crippen molar-refractivity contribution in [1.82, 2.24) is 25.0 Å². The zero-order chi connectivity index (χ0) is 21.4. The van der Waals surface area contributed by atoms with Crippen LogP contribution in [0.1, 0.15) is 12.8 Å². The number of piperidine rings is 1. The molecule has 1 aliphatic carbocycles. The summed E-state index contributed by atoms with van der Waals surface area (Å²) in [6, 6.07) is 9.93. The fourth-order valence-electron chi connectivity index (χ4n) is 4.58. The van der Waals surface area contributed by atoms with E-state index in [2.05, 4.69) is 30.5 Å². The Labute approximate surface area is 185 Å². The van der Waals surface area contributed by atoms with Crippen LogP contribution in [0.3, 0.4) is 0 Å². The maximum atomic E-state index is 6.04. The molecule has 0 spiro atoms. The summed E-state index contributed by atoms with van der Waals surface area (Å²) in [5.41, 5.74) is 1.05. The summed E-state index contributed by atoms with van der Waals surface area (Å²) in [4.78, 5) is 6.92. The first-order valence-corrected chi connectivity index (χ1v) is 10.7. The number of aromatic nitrogens is 5. The van der Waals surface area contributed by atoms with Crippen LogP contribution in [0.4, 0.5) is 11.6 Å². The predicted molar refractivity (Wildman–Crippen MR) is 117 cm³/mol. The largest absolute Gasteiger partial charge is 0.480 e. The lowest BCUT2D eigenvalue weighted by molar-refractivity contribution is 0.373. The van der Waals surface area contributed by atoms with Gasteiger partial charge in [0.05, 0.1) is 19.0 Å². The second-order valence-electron chi connectivity index (χ2n) is 8.03. The smallest absolute Gasteiger partial charge is 0.321 e. The van der Waals surface area contributed by atoms with Crippen molar-refractivity contribution in [3.8, 4) is 17.6 Å². The maximum Gasteiger partial charge on any atom is 0.321 e. The van der Waals surface area contributed by atoms with Crippen LogP contribution in [0.15, 0.2) is 36.5 Å². The molecule has 1 saturated carbocycles. The molecule has 1 N–H and O–H groups in total. The lowest BCUT2D eigenvalue weighted by Gasteiger charge is -2.39. The number of fused-ring (bicyclic) bond motifs is 2. The minimum Gasteiger partial charge on any atom is -0.480 e. The van der Waals surface area contributed by atoms with Crippen LogP contribution in [-0.4, -0.2) is 51.2 Å². The van der Waals surface area contributed by atoms with E-state index >= 15 is 0 Å². The maximum absolute atomic E-state index is 6.04. The van der Waals surface area contributed by atoms with Gasteiger partial charge in [-0.3, -0.25) is 0 Å². The SMILES string of the molecule is COc1cc(N2CC3CCC(C2)C3Nc2nc(Oc3cccc(Cl)c3)n(C)n2)cnn1. The van der Waals surface area contributed by atoms with Crippen molar-refractivity contribution < 1.29 is 9.47 Å². The van der Waals surface area contributed by atoms with E-state index in [9.17, 15) is 0 Å². The molecular weight excluding hydrogens is 418 g/mol. The number of nitrogens with one attached hydrogen (secondary N) is 1. The van der Waals surface area contributed by atoms with Crippen LogP contribution in [0.2, 0.25) is 5.02 Å². The van der Waals surface area contributed by atoms with Crippen LogP contribution >= 0.6 is 11.6 Å². The van der Waals surface area contributed by atoms with Gasteiger partial charge < -0.3 is 19.7 Å². The van der Waals surface area contributed by atoms with Gasteiger partial charge in [-0.1, -0.05) is 17.7 Å². The van der Waals surface area contributed by atoms with Gasteiger partial charge in [-0.2, -0.15) is 10.1 Å². The van der Waals surface area contributed by atoms with Crippen molar-refractivity contribution in [2.45, 2.75) is 18.9 Å². The Morgan fingerprint density at radius 2 is 1.97 bits per heavy atom. The first-order chi connectivity index (χ1) is 15.1. The molecule has 2 bridgehead atoms. The van der Waals surface area contributed by atoms with E-state index in [-0.39, 0.29) is 0 Å². The summed E-state index contributed by atoms with van der Waals surface area (Å²) in [6.45, 7) is 1.89. The van der Waals surface area contributed by atoms with Gasteiger partial charge in [0.25, 0.3) is 0 Å². The molecule has 5 rings (SSSR count). The average Bonchev–Trinajstić information content (AvgIpc) is 3.21. The Morgan fingerprint density at radius 1 is 1.16 bits per heavy atom. The normalized spacial score (nSPS) is 22.4. The van der Waals surface area contributed by atoms with Crippen LogP contribution < -0.4 is 19.7 Å². The zero-order valence-electron chi connectivity index (χ0n) is 17.4. The number of nitrogens with zero attached hydrogens (tertiary/aromatic N) is 6. The topological polar surface area (TPSA) is 90.2 Å². The molecule has 2 fully saturated rings. The van der Waals surface area contributed by atoms with E-state index in [1.807, 2.05) is 25.2 Å². The van der Waals surface area contributed by atoms with E-state index in [4.69, 9.17) is 21.1 Å². The van der Waals surface area contributed by atoms with E-state index < -0.39 is 0 Å². The summed E-state index contributed by atoms with van der Waals surface area (Å²) in [5.74, 6) is 2.75. The van der Waals surface area contributed by atoms with Gasteiger partial charge in [0, 0.05) is 37.3 Å². The molecule has 162 valence electrons. The number of anilines is 2. The van der Waals surface area contributed by atoms with Crippen molar-refractivity contribution in [3.63, 3.8) is 0 Å². The number of halogens is 1. The summed E-state index contributed by atoms with van der Waals surface area (Å²) >= 11 is 6.04. The Balaban J connectivity index is 1.27. The number of hydrogen-bond donors (Lipinski definition) is 1. The molecule has 1 aliphatic heterocycles. The molecule has 3 heterocycles. The molecular formula is C21H24ClN7O2. The first kappa shape index (κ1) is 19.9. The Morgan fingerprint density at radius 3 is 2.71 bits per heavy atom. The Bertz CT molecular complexity index is 1060. The van der Waals surface area contributed by atoms with Gasteiger partial charge in [0.1, 0.15) is 5.75 Å². The molecule has 9 nitrogen and oxygen atoms in total. The number of benzene rings is 1. The third kappa shape index (κ3) is 4.10. The van der Waals surface area contributed by atoms with Crippen molar-refractivity contribution in [2.75, 3.05) is 30.4 Å². The molecule has 3 aromatic rings. The molecule has 10 heteroatoms. The highest BCUT2D eigenvalue weighted by Gasteiger charge is 2.42. The molecule has 1 saturated heterocycles. The average molecular weight is 442 g/mol. The van der Waals surface area contributed by atoms with Crippen LogP contribution in [-0.2, 0) is 7.05 Å². The van der Waals surface area contributed by atoms with Crippen molar-refractivity contribution >= 4 is 23.2 Å². The Hall–Kier alpha value is -3.07. The fraction of sp³-hybridized carbons (Fsp3) is 0.429. The molecule has 2 unspecified atom stereocenters. The van der Waals surface area contributed by atoms with Crippen molar-refractivity contribution in [2.24, 2.45) is 18.9 Å². The van der Waals surface area contributed by atoms with Gasteiger partial charge in [-0.05, 0) is 42.9 Å². The number of ether oxygens (including phenoxy) is 2. The van der Waals surface area contributed by atoms with Crippen LogP contribution in [0, 0.1) is 11.8 Å². The monoisotopic (exact) mass is 441 g/mol. The molecule has 0 amide bonds. The molecule has 2 atom stereocenters. The predicted octanol–water partition coefficient (Wildman–Crippen LogP) is 3.39. The van der Waals surface area contributed by atoms with Gasteiger partial charge in [-0.15, -0.1) is 10.2 Å². The van der Waals surface area contributed by atoms with Gasteiger partial charge in [0.2, 0.25) is 11.8 Å². The molecule has 31 heavy (non-hydrogen) atoms. The van der Waals surface area contributed by atoms with Crippen molar-refractivity contribution in [3.05, 3.63) is 41.6 Å². The van der Waals surface area contributed by atoms with Crippen molar-refractivity contribution in [1.29, 1.82) is 0 Å². The molecule has 0 radical (unpaired) electrons. The van der Waals surface area contributed by atoms with Gasteiger partial charge >= 0.3 is 6.01 Å². The van der Waals surface area contributed by atoms with E-state index in [0.29, 0.717) is 46.5 Å². The number of rotatable bonds is 6. The number of aryl methyl sites for hydroxylation is 1. The highest BCUT2D eigenvalue weighted by atomic mass is 35.5. The quantitative estimate of drug-likeness (QED) is 0.622. The highest BCUT2D eigenvalue weighted by Crippen LogP contribution is 2.40. The second-order valence-corrected chi connectivity index (χ2v) is 8.47. The zero-order valence-corrected chi connectivity index (χ0v) is 18.2. The minimum absolute atomic E-state index is 0.328. The van der Waals surface area contributed by atoms with Gasteiger partial charge in [-0.25, -0.2) is 4.68 Å². The number of hydrogen-bond acceptors (Lipinski definition) is 8. The summed E-state index contributed by atoms with van der Waals surface area (Å²) in [5, 5.41) is 16.7. The van der Waals surface area contributed by atoms with Gasteiger partial charge in [0.15, 0.2) is 0 Å². The van der Waals surface area contributed by atoms with E-state index in [0.717, 1.165) is 18.8 Å². The minimum atomic E-state index is 0.328. The summed E-state index contributed by atoms with van der Waals surface area (Å²) < 4.78 is 12.7. The molecule has 1 aromatic carbocycles. The Kier molecular flexibility index (Phi) is 5.27. The first-order valence-electron chi connectivity index (χ1n) is 10.3. The summed E-state index contributed by atoms with van der Waals surface area (Å²) in [7, 11) is 3.43. The lowest BCUT2D eigenvalue weighted by atomic mass is 9.92. The number of methoxy groups -OCH3 is 1. The third-order valence-electron chi connectivity index (χ3n) is 6.05. The molecule has 2 aliphatic rings. The lowest BCUT2D eigenvalue weighted by Crippen LogP contribution is -2.48. The second kappa shape index (κ2) is 8.22. The summed E-state index contributed by atoms with van der Waals surface area (Å²) in [6.07, 6.45) is 4.15. The van der Waals surface area contributed by atoms with Crippen LogP contribution in [0.5, 0.6) is 17.6 Å².